The van der Waals surface area contributed by atoms with Crippen molar-refractivity contribution in [3.05, 3.63) is 0 Å². The van der Waals surface area contributed by atoms with E-state index >= 15 is 0 Å². The molecule has 4 aliphatic carbocycles. The van der Waals surface area contributed by atoms with Crippen molar-refractivity contribution in [3.63, 3.8) is 0 Å². The first-order chi connectivity index (χ1) is 15.2. The van der Waals surface area contributed by atoms with Crippen LogP contribution in [0, 0.1) is 52.3 Å². The fraction of sp³-hybridized carbons (Fsp3) is 1.00. The molecule has 0 heterocycles. The zero-order valence-electron chi connectivity index (χ0n) is 21.7. The second-order valence-corrected chi connectivity index (χ2v) is 13.4. The van der Waals surface area contributed by atoms with Crippen LogP contribution < -0.4 is 0 Å². The fourth-order valence-electron chi connectivity index (χ4n) is 9.63. The van der Waals surface area contributed by atoms with Gasteiger partial charge in [0, 0.05) is 0 Å². The number of aliphatic hydroxyl groups excluding tert-OH is 2. The third-order valence-corrected chi connectivity index (χ3v) is 11.3. The molecule has 3 heteroatoms. The third-order valence-electron chi connectivity index (χ3n) is 11.3. The molecule has 4 saturated carbocycles. The molecule has 4 aliphatic rings. The van der Waals surface area contributed by atoms with Gasteiger partial charge in [-0.05, 0) is 110 Å². The van der Waals surface area contributed by atoms with E-state index in [0.717, 1.165) is 54.3 Å². The molecular formula is C29H52O3. The first kappa shape index (κ1) is 25.0. The minimum atomic E-state index is -1.01. The van der Waals surface area contributed by atoms with Crippen LogP contribution in [0.4, 0.5) is 0 Å². The molecule has 0 saturated heterocycles. The van der Waals surface area contributed by atoms with E-state index in [-0.39, 0.29) is 12.7 Å². The van der Waals surface area contributed by atoms with Crippen LogP contribution in [0.15, 0.2) is 0 Å². The molecule has 0 aliphatic heterocycles. The molecule has 4 unspecified atom stereocenters. The highest BCUT2D eigenvalue weighted by atomic mass is 16.6. The highest BCUT2D eigenvalue weighted by Crippen LogP contribution is 2.68. The van der Waals surface area contributed by atoms with Gasteiger partial charge in [0.2, 0.25) is 0 Å². The molecule has 186 valence electrons. The predicted octanol–water partition coefficient (Wildman–Crippen LogP) is 6.80. The van der Waals surface area contributed by atoms with Gasteiger partial charge in [-0.1, -0.05) is 53.9 Å². The van der Waals surface area contributed by atoms with Crippen molar-refractivity contribution in [1.29, 1.82) is 0 Å². The van der Waals surface area contributed by atoms with Crippen molar-refractivity contribution in [1.82, 2.24) is 0 Å². The molecule has 32 heavy (non-hydrogen) atoms. The average Bonchev–Trinajstić information content (AvgIpc) is 3.11. The Bertz CT molecular complexity index is 620. The van der Waals surface area contributed by atoms with Gasteiger partial charge in [0.15, 0.2) is 6.29 Å². The van der Waals surface area contributed by atoms with Gasteiger partial charge in [-0.25, -0.2) is 0 Å². The summed E-state index contributed by atoms with van der Waals surface area (Å²) in [6.07, 6.45) is 15.3. The van der Waals surface area contributed by atoms with E-state index < -0.39 is 6.29 Å². The summed E-state index contributed by atoms with van der Waals surface area (Å²) in [5.74, 6) is 6.16. The number of fused-ring (bicyclic) bond motifs is 5. The van der Waals surface area contributed by atoms with Crippen LogP contribution in [-0.2, 0) is 4.74 Å². The topological polar surface area (TPSA) is 49.7 Å². The van der Waals surface area contributed by atoms with E-state index in [1.807, 2.05) is 0 Å². The van der Waals surface area contributed by atoms with Gasteiger partial charge < -0.3 is 14.9 Å². The molecule has 2 N–H and O–H groups in total. The summed E-state index contributed by atoms with van der Waals surface area (Å²) in [7, 11) is 0. The maximum Gasteiger partial charge on any atom is 0.178 e. The summed E-state index contributed by atoms with van der Waals surface area (Å²) in [5.41, 5.74) is 1.03. The van der Waals surface area contributed by atoms with E-state index in [0.29, 0.717) is 10.8 Å². The maximum atomic E-state index is 9.77. The number of rotatable bonds is 8. The molecule has 0 radical (unpaired) electrons. The third kappa shape index (κ3) is 4.57. The summed E-state index contributed by atoms with van der Waals surface area (Å²) in [4.78, 5) is 0. The van der Waals surface area contributed by atoms with Crippen LogP contribution in [0.2, 0.25) is 0 Å². The van der Waals surface area contributed by atoms with Crippen LogP contribution in [0.1, 0.15) is 112 Å². The molecule has 10 atom stereocenters. The minimum Gasteiger partial charge on any atom is -0.391 e. The second kappa shape index (κ2) is 9.86. The van der Waals surface area contributed by atoms with Gasteiger partial charge in [-0.3, -0.25) is 0 Å². The summed E-state index contributed by atoms with van der Waals surface area (Å²) in [6.45, 7) is 12.3. The Morgan fingerprint density at radius 1 is 0.875 bits per heavy atom. The lowest BCUT2D eigenvalue weighted by Gasteiger charge is -2.61. The summed E-state index contributed by atoms with van der Waals surface area (Å²) in [5, 5.41) is 18.9. The standard InChI is InChI=1S/C29H52O3/c1-19(2)7-6-8-20(3)24-11-12-25-23-10-9-21-17-22(32-27(31)18-30)13-15-28(21,4)26(23)14-16-29(24,25)5/h19-27,30-31H,6-18H2,1-5H3/t20-,21+,22+,23?,24-,25?,26?,27?,28+,29-/m1/s1. The summed E-state index contributed by atoms with van der Waals surface area (Å²) in [6, 6.07) is 0. The molecule has 3 nitrogen and oxygen atoms in total. The van der Waals surface area contributed by atoms with E-state index in [1.165, 1.54) is 64.2 Å². The Hall–Kier alpha value is -0.120. The average molecular weight is 449 g/mol. The number of hydrogen-bond acceptors (Lipinski definition) is 3. The van der Waals surface area contributed by atoms with Gasteiger partial charge in [0.1, 0.15) is 0 Å². The van der Waals surface area contributed by atoms with Crippen molar-refractivity contribution < 1.29 is 14.9 Å². The monoisotopic (exact) mass is 448 g/mol. The van der Waals surface area contributed by atoms with Gasteiger partial charge in [0.25, 0.3) is 0 Å². The Kier molecular flexibility index (Phi) is 7.70. The van der Waals surface area contributed by atoms with Crippen LogP contribution >= 0.6 is 0 Å². The quantitative estimate of drug-likeness (QED) is 0.401. The molecule has 0 bridgehead atoms. The fourth-order valence-corrected chi connectivity index (χ4v) is 9.63. The molecule has 0 aromatic heterocycles. The molecule has 0 aromatic carbocycles. The van der Waals surface area contributed by atoms with Crippen molar-refractivity contribution in [2.24, 2.45) is 52.3 Å². The highest BCUT2D eigenvalue weighted by Gasteiger charge is 2.60. The molecule has 0 aromatic rings. The Balaban J connectivity index is 1.41. The highest BCUT2D eigenvalue weighted by molar-refractivity contribution is 5.09. The maximum absolute atomic E-state index is 9.77. The molecule has 0 amide bonds. The van der Waals surface area contributed by atoms with Crippen molar-refractivity contribution in [2.45, 2.75) is 124 Å². The second-order valence-electron chi connectivity index (χ2n) is 13.4. The minimum absolute atomic E-state index is 0.128. The molecular weight excluding hydrogens is 396 g/mol. The summed E-state index contributed by atoms with van der Waals surface area (Å²) >= 11 is 0. The molecule has 4 rings (SSSR count). The smallest absolute Gasteiger partial charge is 0.178 e. The first-order valence-electron chi connectivity index (χ1n) is 14.1. The normalized spacial score (nSPS) is 45.8. The van der Waals surface area contributed by atoms with Crippen molar-refractivity contribution >= 4 is 0 Å². The van der Waals surface area contributed by atoms with Crippen LogP contribution in [0.3, 0.4) is 0 Å². The zero-order chi connectivity index (χ0) is 23.1. The van der Waals surface area contributed by atoms with Crippen LogP contribution in [-0.4, -0.2) is 29.2 Å². The van der Waals surface area contributed by atoms with E-state index in [9.17, 15) is 10.2 Å². The van der Waals surface area contributed by atoms with Gasteiger partial charge in [0.05, 0.1) is 12.7 Å². The Morgan fingerprint density at radius 2 is 1.59 bits per heavy atom. The Labute approximate surface area is 198 Å². The van der Waals surface area contributed by atoms with E-state index in [2.05, 4.69) is 34.6 Å². The lowest BCUT2D eigenvalue weighted by molar-refractivity contribution is -0.191. The lowest BCUT2D eigenvalue weighted by Crippen LogP contribution is -2.54. The lowest BCUT2D eigenvalue weighted by atomic mass is 9.44. The van der Waals surface area contributed by atoms with E-state index in [1.54, 1.807) is 0 Å². The zero-order valence-corrected chi connectivity index (χ0v) is 21.7. The largest absolute Gasteiger partial charge is 0.391 e. The first-order valence-corrected chi connectivity index (χ1v) is 14.1. The SMILES string of the molecule is CC(C)CCC[C@@H](C)[C@H]1CCC2C3CC[C@H]4C[C@@H](OC(O)CO)CC[C@]4(C)C3CC[C@@]21C. The van der Waals surface area contributed by atoms with Crippen molar-refractivity contribution in [3.8, 4) is 0 Å². The Morgan fingerprint density at radius 3 is 2.31 bits per heavy atom. The number of aliphatic hydroxyl groups is 2. The molecule has 4 fully saturated rings. The summed E-state index contributed by atoms with van der Waals surface area (Å²) < 4.78 is 5.75. The van der Waals surface area contributed by atoms with Gasteiger partial charge in [-0.15, -0.1) is 0 Å². The van der Waals surface area contributed by atoms with E-state index in [4.69, 9.17) is 4.74 Å². The van der Waals surface area contributed by atoms with Crippen LogP contribution in [0.5, 0.6) is 0 Å². The number of ether oxygens (including phenoxy) is 1. The predicted molar refractivity (Wildman–Crippen MR) is 131 cm³/mol. The van der Waals surface area contributed by atoms with Crippen molar-refractivity contribution in [2.75, 3.05) is 6.61 Å². The van der Waals surface area contributed by atoms with Gasteiger partial charge >= 0.3 is 0 Å². The number of hydrogen-bond donors (Lipinski definition) is 2. The van der Waals surface area contributed by atoms with Gasteiger partial charge in [-0.2, -0.15) is 0 Å². The van der Waals surface area contributed by atoms with Crippen LogP contribution in [0.25, 0.3) is 0 Å². The molecule has 0 spiro atoms.